The minimum Gasteiger partial charge on any atom is -0.377 e. The molecule has 0 radical (unpaired) electrons. The van der Waals surface area contributed by atoms with E-state index in [1.165, 1.54) is 0 Å². The Morgan fingerprint density at radius 1 is 1.45 bits per heavy atom. The number of nitrogens with zero attached hydrogens (tertiary/aromatic N) is 4. The lowest BCUT2D eigenvalue weighted by Crippen LogP contribution is -2.57. The molecule has 0 unspecified atom stereocenters. The van der Waals surface area contributed by atoms with E-state index in [2.05, 4.69) is 54.8 Å². The van der Waals surface area contributed by atoms with Gasteiger partial charge in [-0.3, -0.25) is 0 Å². The van der Waals surface area contributed by atoms with Crippen LogP contribution in [0.2, 0.25) is 0 Å². The van der Waals surface area contributed by atoms with Gasteiger partial charge in [-0.1, -0.05) is 0 Å². The maximum atomic E-state index is 5.72. The highest BCUT2D eigenvalue weighted by atomic mass is 32.2. The van der Waals surface area contributed by atoms with Gasteiger partial charge in [0.05, 0.1) is 18.2 Å². The van der Waals surface area contributed by atoms with Crippen LogP contribution in [0.3, 0.4) is 0 Å². The van der Waals surface area contributed by atoms with E-state index in [0.29, 0.717) is 23.9 Å². The lowest BCUT2D eigenvalue weighted by atomic mass is 9.88. The van der Waals surface area contributed by atoms with Gasteiger partial charge in [-0.2, -0.15) is 11.8 Å². The zero-order valence-corrected chi connectivity index (χ0v) is 13.8. The van der Waals surface area contributed by atoms with E-state index in [-0.39, 0.29) is 5.54 Å². The van der Waals surface area contributed by atoms with Gasteiger partial charge in [0.15, 0.2) is 5.82 Å². The summed E-state index contributed by atoms with van der Waals surface area (Å²) in [5.41, 5.74) is -0.0904. The Bertz CT molecular complexity index is 431. The number of tetrazole rings is 1. The third-order valence-corrected chi connectivity index (χ3v) is 4.77. The van der Waals surface area contributed by atoms with E-state index in [1.54, 1.807) is 0 Å². The summed E-state index contributed by atoms with van der Waals surface area (Å²) < 4.78 is 7.60. The number of thioether (sulfide) groups is 1. The maximum absolute atomic E-state index is 5.72. The van der Waals surface area contributed by atoms with Crippen LogP contribution in [0.1, 0.15) is 39.9 Å². The minimum atomic E-state index is -0.0904. The molecule has 1 saturated carbocycles. The summed E-state index contributed by atoms with van der Waals surface area (Å²) >= 11 is 1.87. The molecule has 1 aromatic rings. The number of rotatable bonds is 6. The molecule has 114 valence electrons. The first-order valence-corrected chi connectivity index (χ1v) is 8.41. The molecule has 3 atom stereocenters. The molecule has 0 bridgehead atoms. The van der Waals surface area contributed by atoms with Crippen LogP contribution >= 0.6 is 11.8 Å². The van der Waals surface area contributed by atoms with Crippen molar-refractivity contribution in [3.05, 3.63) is 5.82 Å². The number of aromatic nitrogens is 4. The third-order valence-electron chi connectivity index (χ3n) is 3.59. The van der Waals surface area contributed by atoms with Crippen LogP contribution in [0.25, 0.3) is 0 Å². The van der Waals surface area contributed by atoms with Gasteiger partial charge in [0.2, 0.25) is 0 Å². The molecule has 0 aliphatic heterocycles. The van der Waals surface area contributed by atoms with Crippen LogP contribution in [-0.4, -0.2) is 50.5 Å². The number of hydrogen-bond donors (Lipinski definition) is 1. The van der Waals surface area contributed by atoms with Gasteiger partial charge in [-0.25, -0.2) is 4.68 Å². The lowest BCUT2D eigenvalue weighted by Gasteiger charge is -2.43. The fourth-order valence-corrected chi connectivity index (χ4v) is 3.56. The minimum absolute atomic E-state index is 0.0904. The van der Waals surface area contributed by atoms with E-state index in [9.17, 15) is 0 Å². The van der Waals surface area contributed by atoms with Crippen molar-refractivity contribution in [1.82, 2.24) is 25.5 Å². The molecule has 1 aliphatic carbocycles. The second-order valence-electron chi connectivity index (χ2n) is 6.09. The van der Waals surface area contributed by atoms with Crippen LogP contribution in [0.4, 0.5) is 0 Å². The first-order valence-electron chi connectivity index (χ1n) is 7.13. The Kier molecular flexibility index (Phi) is 5.04. The summed E-state index contributed by atoms with van der Waals surface area (Å²) in [7, 11) is 0. The zero-order valence-electron chi connectivity index (χ0n) is 13.0. The Morgan fingerprint density at radius 3 is 2.80 bits per heavy atom. The molecule has 2 rings (SSSR count). The van der Waals surface area contributed by atoms with Gasteiger partial charge in [-0.15, -0.1) is 5.10 Å². The van der Waals surface area contributed by atoms with Crippen molar-refractivity contribution in [2.24, 2.45) is 0 Å². The molecule has 0 spiro atoms. The van der Waals surface area contributed by atoms with Gasteiger partial charge in [0, 0.05) is 17.9 Å². The second kappa shape index (κ2) is 6.41. The summed E-state index contributed by atoms with van der Waals surface area (Å²) in [6.07, 6.45) is 3.59. The number of hydrogen-bond acceptors (Lipinski definition) is 6. The summed E-state index contributed by atoms with van der Waals surface area (Å²) in [5.74, 6) is 0.886. The molecule has 1 aliphatic rings. The Labute approximate surface area is 125 Å². The van der Waals surface area contributed by atoms with Crippen LogP contribution < -0.4 is 5.32 Å². The SMILES string of the molecule is CCO[C@@H]1C[C@@H](NCc2nnnn2C(C)(C)C)[C@@H]1SC. The molecule has 1 N–H and O–H groups in total. The largest absolute Gasteiger partial charge is 0.377 e. The summed E-state index contributed by atoms with van der Waals surface area (Å²) in [5, 5.41) is 16.1. The van der Waals surface area contributed by atoms with Gasteiger partial charge < -0.3 is 10.1 Å². The standard InChI is InChI=1S/C13H25N5OS/c1-6-19-10-7-9(12(10)20-5)14-8-11-15-16-17-18(11)13(2,3)4/h9-10,12,14H,6-8H2,1-5H3/t9-,10-,12+/m1/s1. The average Bonchev–Trinajstić information content (AvgIpc) is 2.81. The molecule has 7 heteroatoms. The predicted octanol–water partition coefficient (Wildman–Crippen LogP) is 1.43. The van der Waals surface area contributed by atoms with Crippen molar-refractivity contribution in [1.29, 1.82) is 0 Å². The maximum Gasteiger partial charge on any atom is 0.165 e. The molecule has 0 saturated heterocycles. The second-order valence-corrected chi connectivity index (χ2v) is 7.11. The van der Waals surface area contributed by atoms with Crippen LogP contribution in [0.5, 0.6) is 0 Å². The van der Waals surface area contributed by atoms with Crippen molar-refractivity contribution >= 4 is 11.8 Å². The average molecular weight is 299 g/mol. The van der Waals surface area contributed by atoms with E-state index in [0.717, 1.165) is 18.9 Å². The zero-order chi connectivity index (χ0) is 14.8. The van der Waals surface area contributed by atoms with Gasteiger partial charge in [-0.05, 0) is 50.8 Å². The molecular formula is C13H25N5OS. The summed E-state index contributed by atoms with van der Waals surface area (Å²) in [6, 6.07) is 0.478. The topological polar surface area (TPSA) is 64.9 Å². The highest BCUT2D eigenvalue weighted by Gasteiger charge is 2.41. The first kappa shape index (κ1) is 15.7. The molecule has 0 amide bonds. The Hall–Kier alpha value is -0.660. The lowest BCUT2D eigenvalue weighted by molar-refractivity contribution is -0.00357. The first-order chi connectivity index (χ1) is 9.47. The molecule has 0 aromatic carbocycles. The van der Waals surface area contributed by atoms with Crippen LogP contribution in [-0.2, 0) is 16.8 Å². The van der Waals surface area contributed by atoms with Crippen molar-refractivity contribution in [2.45, 2.75) is 63.6 Å². The fraction of sp³-hybridized carbons (Fsp3) is 0.923. The number of nitrogens with one attached hydrogen (secondary N) is 1. The smallest absolute Gasteiger partial charge is 0.165 e. The van der Waals surface area contributed by atoms with Crippen molar-refractivity contribution < 1.29 is 4.74 Å². The Balaban J connectivity index is 1.89. The monoisotopic (exact) mass is 299 g/mol. The van der Waals surface area contributed by atoms with E-state index in [4.69, 9.17) is 4.74 Å². The van der Waals surface area contributed by atoms with Crippen LogP contribution in [0.15, 0.2) is 0 Å². The van der Waals surface area contributed by atoms with E-state index in [1.807, 2.05) is 16.4 Å². The van der Waals surface area contributed by atoms with Crippen LogP contribution in [0, 0.1) is 0 Å². The quantitative estimate of drug-likeness (QED) is 0.857. The molecule has 1 aromatic heterocycles. The third kappa shape index (κ3) is 3.32. The van der Waals surface area contributed by atoms with Crippen molar-refractivity contribution in [3.8, 4) is 0 Å². The molecule has 20 heavy (non-hydrogen) atoms. The molecule has 1 fully saturated rings. The van der Waals surface area contributed by atoms with Gasteiger partial charge in [0.25, 0.3) is 0 Å². The van der Waals surface area contributed by atoms with Gasteiger partial charge >= 0.3 is 0 Å². The fourth-order valence-electron chi connectivity index (χ4n) is 2.53. The van der Waals surface area contributed by atoms with Crippen molar-refractivity contribution in [2.75, 3.05) is 12.9 Å². The van der Waals surface area contributed by atoms with E-state index >= 15 is 0 Å². The Morgan fingerprint density at radius 2 is 2.20 bits per heavy atom. The normalized spacial score (nSPS) is 26.6. The molecule has 1 heterocycles. The van der Waals surface area contributed by atoms with E-state index < -0.39 is 0 Å². The van der Waals surface area contributed by atoms with Gasteiger partial charge in [0.1, 0.15) is 0 Å². The number of ether oxygens (including phenoxy) is 1. The molecular weight excluding hydrogens is 274 g/mol. The highest BCUT2D eigenvalue weighted by Crippen LogP contribution is 2.33. The summed E-state index contributed by atoms with van der Waals surface area (Å²) in [6.45, 7) is 9.85. The van der Waals surface area contributed by atoms with Crippen molar-refractivity contribution in [3.63, 3.8) is 0 Å². The summed E-state index contributed by atoms with van der Waals surface area (Å²) in [4.78, 5) is 0. The highest BCUT2D eigenvalue weighted by molar-refractivity contribution is 7.99. The predicted molar refractivity (Wildman–Crippen MR) is 80.8 cm³/mol. The molecule has 6 nitrogen and oxygen atoms in total.